The highest BCUT2D eigenvalue weighted by Crippen LogP contribution is 2.15. The summed E-state index contributed by atoms with van der Waals surface area (Å²) >= 11 is 0. The Morgan fingerprint density at radius 3 is 1.77 bits per heavy atom. The van der Waals surface area contributed by atoms with E-state index in [2.05, 4.69) is 15.0 Å². The third-order valence-electron chi connectivity index (χ3n) is 3.74. The number of imidazole rings is 2. The highest BCUT2D eigenvalue weighted by molar-refractivity contribution is 5.26. The Labute approximate surface area is 176 Å². The Hall–Kier alpha value is -3.58. The monoisotopic (exact) mass is 408 g/mol. The maximum atomic E-state index is 9.06. The molecule has 4 N–H and O–H groups in total. The van der Waals surface area contributed by atoms with Crippen LogP contribution in [0.1, 0.15) is 30.4 Å². The molecule has 0 amide bonds. The molecule has 1 fully saturated rings. The molecule has 30 heavy (non-hydrogen) atoms. The second kappa shape index (κ2) is 13.6. The van der Waals surface area contributed by atoms with Crippen LogP contribution in [0.5, 0.6) is 11.5 Å². The molecule has 1 aliphatic carbocycles. The SMILES string of the molecule is C1CC1.OCc1ccc(O)cc1.Oc1ccc(Cn2ccnc2)cc1.c1c[nH]cn1. The van der Waals surface area contributed by atoms with Crippen LogP contribution in [0.15, 0.2) is 86.0 Å². The first-order chi connectivity index (χ1) is 14.7. The lowest BCUT2D eigenvalue weighted by Crippen LogP contribution is -1.95. The van der Waals surface area contributed by atoms with Crippen molar-refractivity contribution in [3.05, 3.63) is 97.1 Å². The largest absolute Gasteiger partial charge is 0.508 e. The normalized spacial score (nSPS) is 11.0. The van der Waals surface area contributed by atoms with Crippen LogP contribution in [-0.2, 0) is 13.2 Å². The highest BCUT2D eigenvalue weighted by Gasteiger charge is 1.95. The fraction of sp³-hybridized carbons (Fsp3) is 0.217. The van der Waals surface area contributed by atoms with Gasteiger partial charge in [-0.15, -0.1) is 0 Å². The van der Waals surface area contributed by atoms with Gasteiger partial charge in [0.1, 0.15) is 11.5 Å². The summed E-state index contributed by atoms with van der Waals surface area (Å²) in [5.74, 6) is 0.529. The molecule has 4 aromatic rings. The maximum Gasteiger partial charge on any atom is 0.115 e. The van der Waals surface area contributed by atoms with Gasteiger partial charge in [-0.3, -0.25) is 0 Å². The van der Waals surface area contributed by atoms with E-state index in [0.29, 0.717) is 5.75 Å². The predicted molar refractivity (Wildman–Crippen MR) is 116 cm³/mol. The van der Waals surface area contributed by atoms with Crippen molar-refractivity contribution in [3.8, 4) is 11.5 Å². The van der Waals surface area contributed by atoms with Gasteiger partial charge in [0.25, 0.3) is 0 Å². The third kappa shape index (κ3) is 10.7. The van der Waals surface area contributed by atoms with E-state index < -0.39 is 0 Å². The molecule has 0 aliphatic heterocycles. The van der Waals surface area contributed by atoms with E-state index in [4.69, 9.17) is 15.3 Å². The smallest absolute Gasteiger partial charge is 0.115 e. The molecule has 2 aromatic heterocycles. The van der Waals surface area contributed by atoms with Crippen LogP contribution in [0, 0.1) is 0 Å². The molecule has 0 atom stereocenters. The van der Waals surface area contributed by atoms with Crippen molar-refractivity contribution in [2.75, 3.05) is 0 Å². The molecule has 7 nitrogen and oxygen atoms in total. The average Bonchev–Trinajstić information content (AvgIpc) is 3.33. The number of aromatic hydroxyl groups is 2. The summed E-state index contributed by atoms with van der Waals surface area (Å²) in [6.45, 7) is 0.820. The average molecular weight is 409 g/mol. The van der Waals surface area contributed by atoms with Crippen molar-refractivity contribution in [1.82, 2.24) is 19.5 Å². The van der Waals surface area contributed by atoms with E-state index in [1.165, 1.54) is 19.3 Å². The van der Waals surface area contributed by atoms with Crippen molar-refractivity contribution in [2.24, 2.45) is 0 Å². The first-order valence-corrected chi connectivity index (χ1v) is 9.72. The number of aromatic nitrogens is 4. The summed E-state index contributed by atoms with van der Waals surface area (Å²) in [6.07, 6.45) is 15.0. The lowest BCUT2D eigenvalue weighted by molar-refractivity contribution is 0.281. The summed E-state index contributed by atoms with van der Waals surface area (Å²) in [7, 11) is 0. The lowest BCUT2D eigenvalue weighted by Gasteiger charge is -2.01. The molecular formula is C23H28N4O3. The maximum absolute atomic E-state index is 9.06. The number of aliphatic hydroxyl groups excluding tert-OH is 1. The van der Waals surface area contributed by atoms with Crippen LogP contribution in [0.2, 0.25) is 0 Å². The third-order valence-corrected chi connectivity index (χ3v) is 3.74. The summed E-state index contributed by atoms with van der Waals surface area (Å²) in [4.78, 5) is 10.4. The molecule has 0 radical (unpaired) electrons. The summed E-state index contributed by atoms with van der Waals surface area (Å²) in [6, 6.07) is 13.6. The zero-order valence-corrected chi connectivity index (χ0v) is 16.8. The van der Waals surface area contributed by atoms with Crippen molar-refractivity contribution in [3.63, 3.8) is 0 Å². The molecule has 0 spiro atoms. The number of nitrogens with zero attached hydrogens (tertiary/aromatic N) is 3. The number of H-pyrrole nitrogens is 1. The van der Waals surface area contributed by atoms with Gasteiger partial charge in [-0.1, -0.05) is 43.5 Å². The molecule has 2 aromatic carbocycles. The molecule has 0 saturated heterocycles. The number of aromatic amines is 1. The van der Waals surface area contributed by atoms with Crippen LogP contribution in [-0.4, -0.2) is 34.8 Å². The van der Waals surface area contributed by atoms with Crippen molar-refractivity contribution in [1.29, 1.82) is 0 Å². The number of benzene rings is 2. The van der Waals surface area contributed by atoms with Crippen molar-refractivity contribution >= 4 is 0 Å². The van der Waals surface area contributed by atoms with Crippen molar-refractivity contribution < 1.29 is 15.3 Å². The molecule has 0 unspecified atom stereocenters. The Morgan fingerprint density at radius 1 is 0.800 bits per heavy atom. The van der Waals surface area contributed by atoms with Gasteiger partial charge in [-0.2, -0.15) is 0 Å². The zero-order valence-electron chi connectivity index (χ0n) is 16.8. The molecule has 158 valence electrons. The number of phenolic OH excluding ortho intramolecular Hbond substituents is 2. The van der Waals surface area contributed by atoms with Gasteiger partial charge in [0.2, 0.25) is 0 Å². The Morgan fingerprint density at radius 2 is 1.40 bits per heavy atom. The quantitative estimate of drug-likeness (QED) is 0.408. The fourth-order valence-electron chi connectivity index (χ4n) is 2.01. The summed E-state index contributed by atoms with van der Waals surface area (Å²) < 4.78 is 1.98. The first kappa shape index (κ1) is 22.7. The van der Waals surface area contributed by atoms with E-state index >= 15 is 0 Å². The van der Waals surface area contributed by atoms with E-state index in [-0.39, 0.29) is 12.4 Å². The number of hydrogen-bond acceptors (Lipinski definition) is 5. The number of phenols is 2. The minimum Gasteiger partial charge on any atom is -0.508 e. The van der Waals surface area contributed by atoms with Crippen LogP contribution >= 0.6 is 0 Å². The van der Waals surface area contributed by atoms with Gasteiger partial charge in [-0.25, -0.2) is 9.97 Å². The van der Waals surface area contributed by atoms with Gasteiger partial charge in [0.15, 0.2) is 0 Å². The number of nitrogens with one attached hydrogen (secondary N) is 1. The number of aliphatic hydroxyl groups is 1. The van der Waals surface area contributed by atoms with E-state index in [1.807, 2.05) is 22.9 Å². The molecular weight excluding hydrogens is 380 g/mol. The van der Waals surface area contributed by atoms with Gasteiger partial charge in [0, 0.05) is 31.3 Å². The Balaban J connectivity index is 0.000000162. The molecule has 0 bridgehead atoms. The summed E-state index contributed by atoms with van der Waals surface area (Å²) in [5.41, 5.74) is 1.96. The topological polar surface area (TPSA) is 107 Å². The van der Waals surface area contributed by atoms with Crippen LogP contribution in [0.25, 0.3) is 0 Å². The van der Waals surface area contributed by atoms with Crippen molar-refractivity contribution in [2.45, 2.75) is 32.4 Å². The number of rotatable bonds is 3. The van der Waals surface area contributed by atoms with Crippen LogP contribution < -0.4 is 0 Å². The van der Waals surface area contributed by atoms with Gasteiger partial charge < -0.3 is 24.9 Å². The van der Waals surface area contributed by atoms with Crippen LogP contribution in [0.3, 0.4) is 0 Å². The molecule has 1 saturated carbocycles. The fourth-order valence-corrected chi connectivity index (χ4v) is 2.01. The number of hydrogen-bond donors (Lipinski definition) is 4. The second-order valence-corrected chi connectivity index (χ2v) is 6.55. The van der Waals surface area contributed by atoms with E-state index in [1.54, 1.807) is 67.6 Å². The van der Waals surface area contributed by atoms with Gasteiger partial charge >= 0.3 is 0 Å². The Bertz CT molecular complexity index is 869. The minimum atomic E-state index is 0.0281. The van der Waals surface area contributed by atoms with Gasteiger partial charge in [0.05, 0.1) is 19.3 Å². The highest BCUT2D eigenvalue weighted by atomic mass is 16.3. The van der Waals surface area contributed by atoms with Gasteiger partial charge in [-0.05, 0) is 35.4 Å². The lowest BCUT2D eigenvalue weighted by atomic mass is 10.2. The van der Waals surface area contributed by atoms with Crippen LogP contribution in [0.4, 0.5) is 0 Å². The zero-order chi connectivity index (χ0) is 21.4. The standard InChI is InChI=1S/C10H10N2O.C7H8O2.C3H4N2.C3H6/c13-10-3-1-9(2-4-10)7-12-6-5-11-8-12;8-5-6-1-3-7(9)4-2-6;1-2-5-3-4-1;1-2-3-1/h1-6,8,13H,7H2;1-4,8-9H,5H2;1-3H,(H,4,5);1-3H2. The molecule has 1 aliphatic rings. The molecule has 2 heterocycles. The molecule has 5 rings (SSSR count). The predicted octanol–water partition coefficient (Wildman–Crippen LogP) is 4.10. The minimum absolute atomic E-state index is 0.0281. The molecule has 7 heteroatoms. The van der Waals surface area contributed by atoms with E-state index in [9.17, 15) is 0 Å². The van der Waals surface area contributed by atoms with E-state index in [0.717, 1.165) is 17.7 Å². The second-order valence-electron chi connectivity index (χ2n) is 6.55. The first-order valence-electron chi connectivity index (χ1n) is 9.72. The summed E-state index contributed by atoms with van der Waals surface area (Å²) in [5, 5.41) is 26.4. The Kier molecular flexibility index (Phi) is 10.3.